The number of rotatable bonds is 5. The molecule has 1 aliphatic heterocycles. The van der Waals surface area contributed by atoms with E-state index in [1.807, 2.05) is 69.3 Å². The maximum atomic E-state index is 13.2. The molecule has 0 aromatic heterocycles. The molecular weight excluding hydrogens is 445 g/mol. The molecule has 164 valence electrons. The molecule has 1 aliphatic rings. The molecule has 4 rings (SSSR count). The largest absolute Gasteiger partial charge is 0.463 e. The molecule has 1 atom stereocenters. The minimum absolute atomic E-state index is 0.0538. The minimum Gasteiger partial charge on any atom is -0.463 e. The molecule has 0 saturated carbocycles. The first kappa shape index (κ1) is 22.4. The van der Waals surface area contributed by atoms with Gasteiger partial charge in [0.05, 0.1) is 34.3 Å². The molecule has 3 aromatic carbocycles. The standard InChI is InChI=1S/C26H23Cl2NO3/c1-15(2)32-26(31)16(3)17-9-11-24(21(12-17)18-8-10-22(27)23(28)13-18)29-14-19-6-4-5-7-20(19)25(29)30/h4-13,15-16H,14H2,1-3H3. The SMILES string of the molecule is CC(C)OC(=O)C(C)c1ccc(N2Cc3ccccc3C2=O)c(-c2ccc(Cl)c(Cl)c2)c1. The smallest absolute Gasteiger partial charge is 0.313 e. The number of carbonyl (C=O) groups is 2. The number of benzene rings is 3. The third-order valence-corrected chi connectivity index (χ3v) is 6.31. The highest BCUT2D eigenvalue weighted by Crippen LogP contribution is 2.39. The van der Waals surface area contributed by atoms with E-state index in [4.69, 9.17) is 27.9 Å². The van der Waals surface area contributed by atoms with Crippen molar-refractivity contribution in [3.8, 4) is 11.1 Å². The molecule has 1 amide bonds. The van der Waals surface area contributed by atoms with Crippen LogP contribution in [0.2, 0.25) is 10.0 Å². The Bertz CT molecular complexity index is 1210. The summed E-state index contributed by atoms with van der Waals surface area (Å²) in [5.74, 6) is -0.807. The highest BCUT2D eigenvalue weighted by molar-refractivity contribution is 6.42. The van der Waals surface area contributed by atoms with Gasteiger partial charge in [-0.1, -0.05) is 53.5 Å². The Morgan fingerprint density at radius 2 is 1.69 bits per heavy atom. The van der Waals surface area contributed by atoms with Crippen molar-refractivity contribution in [2.24, 2.45) is 0 Å². The number of carbonyl (C=O) groups excluding carboxylic acids is 2. The molecule has 4 nitrogen and oxygen atoms in total. The van der Waals surface area contributed by atoms with Crippen molar-refractivity contribution in [3.05, 3.63) is 87.4 Å². The zero-order valence-corrected chi connectivity index (χ0v) is 19.6. The second kappa shape index (κ2) is 8.97. The zero-order valence-electron chi connectivity index (χ0n) is 18.1. The van der Waals surface area contributed by atoms with Gasteiger partial charge in [-0.25, -0.2) is 0 Å². The normalized spacial score (nSPS) is 13.9. The fraction of sp³-hybridized carbons (Fsp3) is 0.231. The Morgan fingerprint density at radius 1 is 0.938 bits per heavy atom. The molecule has 0 saturated heterocycles. The summed E-state index contributed by atoms with van der Waals surface area (Å²) in [5.41, 5.74) is 4.83. The summed E-state index contributed by atoms with van der Waals surface area (Å²) >= 11 is 12.4. The van der Waals surface area contributed by atoms with Crippen molar-refractivity contribution in [1.29, 1.82) is 0 Å². The first-order valence-corrected chi connectivity index (χ1v) is 11.2. The van der Waals surface area contributed by atoms with E-state index in [0.29, 0.717) is 22.2 Å². The fourth-order valence-corrected chi connectivity index (χ4v) is 4.17. The lowest BCUT2D eigenvalue weighted by molar-refractivity contribution is -0.148. The maximum absolute atomic E-state index is 13.2. The Labute approximate surface area is 197 Å². The van der Waals surface area contributed by atoms with Crippen molar-refractivity contribution in [1.82, 2.24) is 0 Å². The number of fused-ring (bicyclic) bond motifs is 1. The molecule has 32 heavy (non-hydrogen) atoms. The number of anilines is 1. The van der Waals surface area contributed by atoms with E-state index in [-0.39, 0.29) is 18.0 Å². The van der Waals surface area contributed by atoms with Gasteiger partial charge in [0.25, 0.3) is 5.91 Å². The van der Waals surface area contributed by atoms with Gasteiger partial charge in [0.15, 0.2) is 0 Å². The number of amides is 1. The first-order valence-electron chi connectivity index (χ1n) is 10.5. The van der Waals surface area contributed by atoms with E-state index in [1.165, 1.54) is 0 Å². The van der Waals surface area contributed by atoms with Gasteiger partial charge in [-0.15, -0.1) is 0 Å². The Kier molecular flexibility index (Phi) is 6.27. The average molecular weight is 468 g/mol. The highest BCUT2D eigenvalue weighted by Gasteiger charge is 2.30. The second-order valence-electron chi connectivity index (χ2n) is 8.16. The van der Waals surface area contributed by atoms with Gasteiger partial charge < -0.3 is 9.64 Å². The molecule has 0 aliphatic carbocycles. The van der Waals surface area contributed by atoms with E-state index in [9.17, 15) is 9.59 Å². The molecular formula is C26H23Cl2NO3. The molecule has 0 N–H and O–H groups in total. The third kappa shape index (κ3) is 4.25. The minimum atomic E-state index is -0.459. The molecule has 0 bridgehead atoms. The molecule has 1 unspecified atom stereocenters. The van der Waals surface area contributed by atoms with Crippen LogP contribution in [0.3, 0.4) is 0 Å². The summed E-state index contributed by atoms with van der Waals surface area (Å²) < 4.78 is 5.39. The van der Waals surface area contributed by atoms with Gasteiger partial charge in [0.1, 0.15) is 0 Å². The number of halogens is 2. The monoisotopic (exact) mass is 467 g/mol. The second-order valence-corrected chi connectivity index (χ2v) is 8.98. The van der Waals surface area contributed by atoms with Gasteiger partial charge in [-0.3, -0.25) is 9.59 Å². The van der Waals surface area contributed by atoms with Crippen molar-refractivity contribution in [2.45, 2.75) is 39.3 Å². The quantitative estimate of drug-likeness (QED) is 0.384. The van der Waals surface area contributed by atoms with Gasteiger partial charge >= 0.3 is 5.97 Å². The highest BCUT2D eigenvalue weighted by atomic mass is 35.5. The number of ether oxygens (including phenoxy) is 1. The van der Waals surface area contributed by atoms with E-state index in [2.05, 4.69) is 0 Å². The van der Waals surface area contributed by atoms with Crippen LogP contribution in [0.15, 0.2) is 60.7 Å². The first-order chi connectivity index (χ1) is 15.3. The summed E-state index contributed by atoms with van der Waals surface area (Å²) in [6.45, 7) is 5.94. The van der Waals surface area contributed by atoms with Crippen LogP contribution < -0.4 is 4.90 Å². The van der Waals surface area contributed by atoms with Crippen molar-refractivity contribution < 1.29 is 14.3 Å². The van der Waals surface area contributed by atoms with Gasteiger partial charge in [-0.2, -0.15) is 0 Å². The molecule has 0 radical (unpaired) electrons. The predicted octanol–water partition coefficient (Wildman–Crippen LogP) is 6.88. The summed E-state index contributed by atoms with van der Waals surface area (Å²) in [6.07, 6.45) is -0.195. The number of hydrogen-bond donors (Lipinski definition) is 0. The summed E-state index contributed by atoms with van der Waals surface area (Å²) in [7, 11) is 0. The maximum Gasteiger partial charge on any atom is 0.313 e. The number of hydrogen-bond acceptors (Lipinski definition) is 3. The molecule has 3 aromatic rings. The van der Waals surface area contributed by atoms with E-state index in [0.717, 1.165) is 27.9 Å². The van der Waals surface area contributed by atoms with Crippen LogP contribution in [0.5, 0.6) is 0 Å². The Morgan fingerprint density at radius 3 is 2.38 bits per heavy atom. The van der Waals surface area contributed by atoms with Gasteiger partial charge in [0, 0.05) is 11.1 Å². The van der Waals surface area contributed by atoms with Crippen LogP contribution in [0.25, 0.3) is 11.1 Å². The van der Waals surface area contributed by atoms with Crippen LogP contribution in [0.4, 0.5) is 5.69 Å². The lowest BCUT2D eigenvalue weighted by atomic mass is 9.94. The van der Waals surface area contributed by atoms with Gasteiger partial charge in [-0.05, 0) is 67.8 Å². The number of esters is 1. The third-order valence-electron chi connectivity index (χ3n) is 5.57. The average Bonchev–Trinajstić information content (AvgIpc) is 3.11. The Balaban J connectivity index is 1.81. The van der Waals surface area contributed by atoms with Gasteiger partial charge in [0.2, 0.25) is 0 Å². The summed E-state index contributed by atoms with van der Waals surface area (Å²) in [4.78, 5) is 27.4. The van der Waals surface area contributed by atoms with Crippen molar-refractivity contribution in [3.63, 3.8) is 0 Å². The van der Waals surface area contributed by atoms with E-state index in [1.54, 1.807) is 17.0 Å². The van der Waals surface area contributed by atoms with Crippen LogP contribution in [0, 0.1) is 0 Å². The molecule has 6 heteroatoms. The topological polar surface area (TPSA) is 46.6 Å². The van der Waals surface area contributed by atoms with Crippen LogP contribution in [-0.2, 0) is 16.1 Å². The zero-order chi connectivity index (χ0) is 23.0. The van der Waals surface area contributed by atoms with Crippen molar-refractivity contribution in [2.75, 3.05) is 4.90 Å². The van der Waals surface area contributed by atoms with Crippen molar-refractivity contribution >= 4 is 40.8 Å². The predicted molar refractivity (Wildman–Crippen MR) is 128 cm³/mol. The molecule has 0 spiro atoms. The van der Waals surface area contributed by atoms with E-state index >= 15 is 0 Å². The van der Waals surface area contributed by atoms with Crippen LogP contribution in [-0.4, -0.2) is 18.0 Å². The summed E-state index contributed by atoms with van der Waals surface area (Å²) in [5, 5.41) is 0.871. The molecule has 1 heterocycles. The van der Waals surface area contributed by atoms with Crippen LogP contribution >= 0.6 is 23.2 Å². The van der Waals surface area contributed by atoms with Crippen LogP contribution in [0.1, 0.15) is 48.2 Å². The Hall–Kier alpha value is -2.82. The fourth-order valence-electron chi connectivity index (χ4n) is 3.87. The summed E-state index contributed by atoms with van der Waals surface area (Å²) in [6, 6.07) is 18.7. The lowest BCUT2D eigenvalue weighted by Gasteiger charge is -2.22. The van der Waals surface area contributed by atoms with E-state index < -0.39 is 5.92 Å². The molecule has 0 fully saturated rings. The number of nitrogens with zero attached hydrogens (tertiary/aromatic N) is 1. The lowest BCUT2D eigenvalue weighted by Crippen LogP contribution is -2.24.